The third kappa shape index (κ3) is 12.9. The number of hydrogen-bond donors (Lipinski definition) is 0. The fourth-order valence-electron chi connectivity index (χ4n) is 1.41. The van der Waals surface area contributed by atoms with Crippen molar-refractivity contribution in [3.63, 3.8) is 0 Å². The fourth-order valence-corrected chi connectivity index (χ4v) is 1.41. The summed E-state index contributed by atoms with van der Waals surface area (Å²) in [5.41, 5.74) is 1.48. The summed E-state index contributed by atoms with van der Waals surface area (Å²) in [7, 11) is 0. The van der Waals surface area contributed by atoms with Gasteiger partial charge in [-0.3, -0.25) is 12.2 Å². The second kappa shape index (κ2) is 15.5. The van der Waals surface area contributed by atoms with Crippen LogP contribution in [0.1, 0.15) is 39.5 Å². The van der Waals surface area contributed by atoms with Crippen LogP contribution in [-0.2, 0) is 26.2 Å². The van der Waals surface area contributed by atoms with Gasteiger partial charge in [0.25, 0.3) is 0 Å². The average Bonchev–Trinajstić information content (AvgIpc) is 2.91. The van der Waals surface area contributed by atoms with Gasteiger partial charge in [-0.2, -0.15) is 12.2 Å². The van der Waals surface area contributed by atoms with E-state index in [9.17, 15) is 0 Å². The van der Waals surface area contributed by atoms with Crippen molar-refractivity contribution in [1.29, 1.82) is 0 Å². The molecule has 0 N–H and O–H groups in total. The molecule has 0 saturated heterocycles. The quantitative estimate of drug-likeness (QED) is 0.532. The van der Waals surface area contributed by atoms with Crippen molar-refractivity contribution in [3.05, 3.63) is 48.1 Å². The SMILES string of the molecule is CC(C)CCC1=CC[C-]=C1.[C-]1=CC=CC1.[Cl-].[Cl-].[Zr+2]. The maximum Gasteiger partial charge on any atom is 2.00 e. The Kier molecular flexibility index (Phi) is 20.2. The number of rotatable bonds is 3. The van der Waals surface area contributed by atoms with E-state index in [0.717, 1.165) is 18.8 Å². The summed E-state index contributed by atoms with van der Waals surface area (Å²) in [6.07, 6.45) is 21.2. The van der Waals surface area contributed by atoms with Crippen molar-refractivity contribution < 1.29 is 51.0 Å². The molecule has 0 bridgehead atoms. The van der Waals surface area contributed by atoms with E-state index in [1.54, 1.807) is 0 Å². The average molecular weight is 362 g/mol. The van der Waals surface area contributed by atoms with E-state index in [0.29, 0.717) is 0 Å². The molecule has 0 aliphatic heterocycles. The maximum atomic E-state index is 3.18. The predicted octanol–water partition coefficient (Wildman–Crippen LogP) is -1.58. The van der Waals surface area contributed by atoms with Crippen LogP contribution in [-0.4, -0.2) is 0 Å². The minimum Gasteiger partial charge on any atom is -1.00 e. The van der Waals surface area contributed by atoms with Gasteiger partial charge in [0, 0.05) is 0 Å². The molecule has 0 unspecified atom stereocenters. The molecule has 0 aromatic heterocycles. The Bertz CT molecular complexity index is 279. The van der Waals surface area contributed by atoms with Gasteiger partial charge in [0.05, 0.1) is 0 Å². The summed E-state index contributed by atoms with van der Waals surface area (Å²) in [4.78, 5) is 0. The first-order valence-corrected chi connectivity index (χ1v) is 5.76. The minimum atomic E-state index is 0. The Labute approximate surface area is 144 Å². The van der Waals surface area contributed by atoms with Crippen molar-refractivity contribution in [1.82, 2.24) is 0 Å². The van der Waals surface area contributed by atoms with Crippen LogP contribution in [0.3, 0.4) is 0 Å². The van der Waals surface area contributed by atoms with Gasteiger partial charge in [-0.05, 0) is 5.92 Å². The van der Waals surface area contributed by atoms with Gasteiger partial charge in [-0.25, -0.2) is 23.8 Å². The Morgan fingerprint density at radius 1 is 1.17 bits per heavy atom. The van der Waals surface area contributed by atoms with Crippen LogP contribution in [0.5, 0.6) is 0 Å². The molecule has 0 atom stereocenters. The number of allylic oxidation sites excluding steroid dienone is 8. The third-order valence-electron chi connectivity index (χ3n) is 2.37. The first kappa shape index (κ1) is 23.5. The van der Waals surface area contributed by atoms with Gasteiger partial charge in [0.2, 0.25) is 0 Å². The van der Waals surface area contributed by atoms with Crippen LogP contribution in [0, 0.1) is 18.1 Å². The maximum absolute atomic E-state index is 3.18. The van der Waals surface area contributed by atoms with Crippen molar-refractivity contribution in [3.8, 4) is 0 Å². The monoisotopic (exact) mass is 360 g/mol. The summed E-state index contributed by atoms with van der Waals surface area (Å²) < 4.78 is 0. The summed E-state index contributed by atoms with van der Waals surface area (Å²) in [5, 5.41) is 0. The molecule has 0 aromatic rings. The van der Waals surface area contributed by atoms with Crippen molar-refractivity contribution in [2.75, 3.05) is 0 Å². The van der Waals surface area contributed by atoms with Gasteiger partial charge in [-0.15, -0.1) is 12.8 Å². The largest absolute Gasteiger partial charge is 2.00 e. The van der Waals surface area contributed by atoms with Crippen molar-refractivity contribution in [2.24, 2.45) is 5.92 Å². The fraction of sp³-hybridized carbons (Fsp3) is 0.467. The van der Waals surface area contributed by atoms with Crippen LogP contribution >= 0.6 is 0 Å². The van der Waals surface area contributed by atoms with Crippen molar-refractivity contribution in [2.45, 2.75) is 39.5 Å². The van der Waals surface area contributed by atoms with Crippen LogP contribution in [0.15, 0.2) is 36.0 Å². The third-order valence-corrected chi connectivity index (χ3v) is 2.37. The van der Waals surface area contributed by atoms with Crippen LogP contribution in [0.2, 0.25) is 0 Å². The van der Waals surface area contributed by atoms with Crippen molar-refractivity contribution >= 4 is 0 Å². The summed E-state index contributed by atoms with van der Waals surface area (Å²) in [5.74, 6) is 0.829. The van der Waals surface area contributed by atoms with E-state index in [1.807, 2.05) is 12.2 Å². The predicted molar refractivity (Wildman–Crippen MR) is 66.2 cm³/mol. The Morgan fingerprint density at radius 2 is 1.89 bits per heavy atom. The van der Waals surface area contributed by atoms with E-state index >= 15 is 0 Å². The molecular weight excluding hydrogens is 342 g/mol. The zero-order chi connectivity index (χ0) is 10.9. The molecule has 0 amide bonds. The van der Waals surface area contributed by atoms with E-state index in [1.165, 1.54) is 18.4 Å². The summed E-state index contributed by atoms with van der Waals surface area (Å²) in [6.45, 7) is 4.53. The Morgan fingerprint density at radius 3 is 2.22 bits per heavy atom. The Balaban J connectivity index is -0.000000245. The molecule has 3 heteroatoms. The number of hydrogen-bond acceptors (Lipinski definition) is 0. The van der Waals surface area contributed by atoms with Gasteiger partial charge < -0.3 is 24.8 Å². The first-order valence-electron chi connectivity index (χ1n) is 5.76. The molecular formula is C15H20Cl2Zr-2. The molecule has 0 saturated carbocycles. The molecule has 100 valence electrons. The zero-order valence-corrected chi connectivity index (χ0v) is 15.0. The van der Waals surface area contributed by atoms with E-state index in [-0.39, 0.29) is 51.0 Å². The van der Waals surface area contributed by atoms with E-state index in [2.05, 4.69) is 44.2 Å². The standard InChI is InChI=1S/C10H15.C5H5.2ClH.Zr/c1-9(2)7-8-10-5-3-4-6-10;1-2-4-5-3-1;;;/h5-6,9H,3,7-8H2,1-2H3;1-3H,4H2;2*1H;/q2*-1;;;+2/p-2. The van der Waals surface area contributed by atoms with Gasteiger partial charge in [0.1, 0.15) is 0 Å². The van der Waals surface area contributed by atoms with E-state index < -0.39 is 0 Å². The summed E-state index contributed by atoms with van der Waals surface area (Å²) in [6, 6.07) is 0. The van der Waals surface area contributed by atoms with Gasteiger partial charge in [-0.1, -0.05) is 26.7 Å². The first-order chi connectivity index (χ1) is 7.29. The normalized spacial score (nSPS) is 14.1. The summed E-state index contributed by atoms with van der Waals surface area (Å²) >= 11 is 0. The van der Waals surface area contributed by atoms with E-state index in [4.69, 9.17) is 0 Å². The smallest absolute Gasteiger partial charge is 1.00 e. The Hall–Kier alpha value is 0.423. The van der Waals surface area contributed by atoms with Crippen LogP contribution in [0.25, 0.3) is 0 Å². The van der Waals surface area contributed by atoms with Crippen LogP contribution in [0.4, 0.5) is 0 Å². The molecule has 0 fully saturated rings. The minimum absolute atomic E-state index is 0. The molecule has 2 rings (SSSR count). The molecule has 0 aromatic carbocycles. The zero-order valence-electron chi connectivity index (χ0n) is 11.0. The van der Waals surface area contributed by atoms with Crippen LogP contribution < -0.4 is 24.8 Å². The second-order valence-corrected chi connectivity index (χ2v) is 4.27. The molecule has 0 spiro atoms. The molecule has 18 heavy (non-hydrogen) atoms. The molecule has 0 radical (unpaired) electrons. The molecule has 0 heterocycles. The van der Waals surface area contributed by atoms with Gasteiger partial charge >= 0.3 is 26.2 Å². The second-order valence-electron chi connectivity index (χ2n) is 4.27. The molecule has 2 aliphatic rings. The molecule has 2 aliphatic carbocycles. The van der Waals surface area contributed by atoms with Gasteiger partial charge in [0.15, 0.2) is 0 Å². The molecule has 0 nitrogen and oxygen atoms in total. The number of halogens is 2. The topological polar surface area (TPSA) is 0 Å².